The Morgan fingerprint density at radius 3 is 2.18 bits per heavy atom. The number of halogens is 3. The summed E-state index contributed by atoms with van der Waals surface area (Å²) >= 11 is 0. The number of benzene rings is 2. The van der Waals surface area contributed by atoms with Gasteiger partial charge in [-0.1, -0.05) is 42.5 Å². The fraction of sp³-hybridized carbons (Fsp3) is 0.296. The van der Waals surface area contributed by atoms with Crippen LogP contribution in [0.1, 0.15) is 44.3 Å². The predicted octanol–water partition coefficient (Wildman–Crippen LogP) is 3.52. The van der Waals surface area contributed by atoms with Crippen LogP contribution in [0.5, 0.6) is 0 Å². The fourth-order valence-corrected chi connectivity index (χ4v) is 4.66. The molecule has 3 aromatic rings. The maximum atomic E-state index is 13.3. The van der Waals surface area contributed by atoms with E-state index < -0.39 is 23.6 Å². The molecule has 11 heteroatoms. The minimum Gasteiger partial charge on any atom is -0.352 e. The molecule has 1 aromatic heterocycles. The average molecular weight is 524 g/mol. The van der Waals surface area contributed by atoms with Gasteiger partial charge in [-0.2, -0.15) is 13.2 Å². The van der Waals surface area contributed by atoms with Crippen LogP contribution in [0.15, 0.2) is 66.7 Å². The number of hydrogen-bond donors (Lipinski definition) is 1. The predicted molar refractivity (Wildman–Crippen MR) is 131 cm³/mol. The molecule has 196 valence electrons. The lowest BCUT2D eigenvalue weighted by molar-refractivity contribution is -0.138. The van der Waals surface area contributed by atoms with E-state index in [2.05, 4.69) is 15.5 Å². The molecule has 1 N–H and O–H groups in total. The highest BCUT2D eigenvalue weighted by molar-refractivity contribution is 6.05. The van der Waals surface area contributed by atoms with Gasteiger partial charge >= 0.3 is 6.18 Å². The second kappa shape index (κ2) is 10.2. The molecule has 8 nitrogen and oxygen atoms in total. The van der Waals surface area contributed by atoms with Crippen molar-refractivity contribution in [3.8, 4) is 0 Å². The van der Waals surface area contributed by atoms with Crippen molar-refractivity contribution in [1.82, 2.24) is 20.4 Å². The first-order valence-corrected chi connectivity index (χ1v) is 12.2. The Labute approximate surface area is 216 Å². The first kappa shape index (κ1) is 25.4. The largest absolute Gasteiger partial charge is 0.417 e. The number of aromatic nitrogens is 2. The van der Waals surface area contributed by atoms with E-state index in [0.717, 1.165) is 11.6 Å². The molecule has 1 aliphatic heterocycles. The van der Waals surface area contributed by atoms with Gasteiger partial charge < -0.3 is 9.80 Å². The Kier molecular flexibility index (Phi) is 6.83. The van der Waals surface area contributed by atoms with Gasteiger partial charge in [-0.15, -0.1) is 10.2 Å². The number of imide groups is 1. The van der Waals surface area contributed by atoms with E-state index in [-0.39, 0.29) is 42.1 Å². The Balaban J connectivity index is 1.15. The van der Waals surface area contributed by atoms with Gasteiger partial charge in [0.15, 0.2) is 11.5 Å². The van der Waals surface area contributed by atoms with Gasteiger partial charge in [0.25, 0.3) is 11.8 Å². The Hall–Kier alpha value is -4.28. The second-order valence-corrected chi connectivity index (χ2v) is 9.28. The maximum absolute atomic E-state index is 13.3. The Morgan fingerprint density at radius 2 is 1.53 bits per heavy atom. The van der Waals surface area contributed by atoms with E-state index in [4.69, 9.17) is 0 Å². The summed E-state index contributed by atoms with van der Waals surface area (Å²) in [7, 11) is 0. The van der Waals surface area contributed by atoms with Crippen molar-refractivity contribution < 1.29 is 27.6 Å². The lowest BCUT2D eigenvalue weighted by Gasteiger charge is -2.35. The molecule has 1 saturated carbocycles. The van der Waals surface area contributed by atoms with Crippen LogP contribution in [0.25, 0.3) is 0 Å². The molecule has 38 heavy (non-hydrogen) atoms. The third-order valence-electron chi connectivity index (χ3n) is 6.83. The van der Waals surface area contributed by atoms with Crippen LogP contribution in [-0.2, 0) is 11.0 Å². The normalized spacial score (nSPS) is 19.1. The number of carbonyl (C=O) groups is 3. The van der Waals surface area contributed by atoms with Crippen molar-refractivity contribution in [2.24, 2.45) is 5.92 Å². The van der Waals surface area contributed by atoms with Crippen LogP contribution < -0.4 is 10.2 Å². The summed E-state index contributed by atoms with van der Waals surface area (Å²) in [5, 5.41) is 10.4. The summed E-state index contributed by atoms with van der Waals surface area (Å²) in [6.07, 6.45) is -3.94. The monoisotopic (exact) mass is 523 g/mol. The van der Waals surface area contributed by atoms with E-state index in [1.165, 1.54) is 29.2 Å². The summed E-state index contributed by atoms with van der Waals surface area (Å²) in [5.41, 5.74) is -0.269. The summed E-state index contributed by atoms with van der Waals surface area (Å²) in [5.74, 6) is -1.35. The zero-order valence-electron chi connectivity index (χ0n) is 20.2. The van der Waals surface area contributed by atoms with Gasteiger partial charge in [-0.3, -0.25) is 19.7 Å². The molecule has 2 unspecified atom stereocenters. The lowest BCUT2D eigenvalue weighted by atomic mass is 10.1. The van der Waals surface area contributed by atoms with E-state index >= 15 is 0 Å². The number of nitrogens with zero attached hydrogens (tertiary/aromatic N) is 4. The fourth-order valence-electron chi connectivity index (χ4n) is 4.66. The zero-order chi connectivity index (χ0) is 26.9. The molecule has 3 amide bonds. The van der Waals surface area contributed by atoms with E-state index in [1.54, 1.807) is 6.07 Å². The van der Waals surface area contributed by atoms with Gasteiger partial charge in [0.1, 0.15) is 0 Å². The molecule has 0 spiro atoms. The number of rotatable bonds is 5. The van der Waals surface area contributed by atoms with Gasteiger partial charge in [0.2, 0.25) is 5.91 Å². The number of hydrogen-bond acceptors (Lipinski definition) is 6. The molecule has 2 heterocycles. The second-order valence-electron chi connectivity index (χ2n) is 9.28. The lowest BCUT2D eigenvalue weighted by Crippen LogP contribution is -2.49. The number of carbonyl (C=O) groups excluding carboxylic acids is 3. The summed E-state index contributed by atoms with van der Waals surface area (Å²) in [6, 6.07) is 17.4. The van der Waals surface area contributed by atoms with Crippen LogP contribution in [0.4, 0.5) is 19.0 Å². The van der Waals surface area contributed by atoms with E-state index in [9.17, 15) is 27.6 Å². The van der Waals surface area contributed by atoms with Crippen LogP contribution in [0, 0.1) is 5.92 Å². The summed E-state index contributed by atoms with van der Waals surface area (Å²) < 4.78 is 39.9. The van der Waals surface area contributed by atoms with Gasteiger partial charge in [-0.05, 0) is 42.2 Å². The van der Waals surface area contributed by atoms with Crippen molar-refractivity contribution in [2.45, 2.75) is 18.5 Å². The average Bonchev–Trinajstić information content (AvgIpc) is 3.74. The molecular weight excluding hydrogens is 499 g/mol. The topological polar surface area (TPSA) is 95.5 Å². The Bertz CT molecular complexity index is 1340. The smallest absolute Gasteiger partial charge is 0.352 e. The SMILES string of the molecule is O=C(NC(=O)C1CC1c1ccccc1)c1ccc(N2CCN(C(=O)c3ccccc3C(F)(F)F)CC2)nn1. The zero-order valence-corrected chi connectivity index (χ0v) is 20.2. The maximum Gasteiger partial charge on any atom is 0.417 e. The quantitative estimate of drug-likeness (QED) is 0.515. The summed E-state index contributed by atoms with van der Waals surface area (Å²) in [6.45, 7) is 1.07. The van der Waals surface area contributed by atoms with Crippen molar-refractivity contribution in [3.05, 3.63) is 89.1 Å². The van der Waals surface area contributed by atoms with Crippen LogP contribution in [-0.4, -0.2) is 59.0 Å². The van der Waals surface area contributed by atoms with E-state index in [1.807, 2.05) is 35.2 Å². The van der Waals surface area contributed by atoms with E-state index in [0.29, 0.717) is 25.3 Å². The molecule has 0 bridgehead atoms. The molecule has 2 atom stereocenters. The molecule has 1 saturated heterocycles. The number of alkyl halides is 3. The van der Waals surface area contributed by atoms with Crippen LogP contribution in [0.2, 0.25) is 0 Å². The van der Waals surface area contributed by atoms with Crippen LogP contribution in [0.3, 0.4) is 0 Å². The van der Waals surface area contributed by atoms with Crippen molar-refractivity contribution in [2.75, 3.05) is 31.1 Å². The van der Waals surface area contributed by atoms with Crippen molar-refractivity contribution >= 4 is 23.5 Å². The highest BCUT2D eigenvalue weighted by Gasteiger charge is 2.44. The number of anilines is 1. The minimum atomic E-state index is -4.62. The van der Waals surface area contributed by atoms with Gasteiger partial charge in [0, 0.05) is 32.1 Å². The van der Waals surface area contributed by atoms with Crippen LogP contribution >= 0.6 is 0 Å². The number of piperazine rings is 1. The van der Waals surface area contributed by atoms with Gasteiger partial charge in [0.05, 0.1) is 11.1 Å². The molecule has 5 rings (SSSR count). The molecule has 2 aliphatic rings. The van der Waals surface area contributed by atoms with Crippen molar-refractivity contribution in [1.29, 1.82) is 0 Å². The first-order chi connectivity index (χ1) is 18.2. The highest BCUT2D eigenvalue weighted by Crippen LogP contribution is 2.47. The first-order valence-electron chi connectivity index (χ1n) is 12.2. The molecule has 0 radical (unpaired) electrons. The Morgan fingerprint density at radius 1 is 0.842 bits per heavy atom. The van der Waals surface area contributed by atoms with Crippen molar-refractivity contribution in [3.63, 3.8) is 0 Å². The third kappa shape index (κ3) is 5.36. The molecule has 2 fully saturated rings. The highest BCUT2D eigenvalue weighted by atomic mass is 19.4. The number of amides is 3. The minimum absolute atomic E-state index is 0.00316. The van der Waals surface area contributed by atoms with Gasteiger partial charge in [-0.25, -0.2) is 0 Å². The number of nitrogens with one attached hydrogen (secondary N) is 1. The molecular formula is C27H24F3N5O3. The third-order valence-corrected chi connectivity index (χ3v) is 6.83. The standard InChI is InChI=1S/C27H24F3N5O3/c28-27(29,30)21-9-5-4-8-18(21)26(38)35-14-12-34(13-15-35)23-11-10-22(32-33-23)25(37)31-24(36)20-16-19(20)17-6-2-1-3-7-17/h1-11,19-20H,12-16H2,(H,31,36,37). The molecule has 1 aliphatic carbocycles. The molecule has 2 aromatic carbocycles. The summed E-state index contributed by atoms with van der Waals surface area (Å²) in [4.78, 5) is 40.9.